The van der Waals surface area contributed by atoms with Crippen LogP contribution in [0.2, 0.25) is 0 Å². The summed E-state index contributed by atoms with van der Waals surface area (Å²) in [6.45, 7) is 2.43. The highest BCUT2D eigenvalue weighted by molar-refractivity contribution is 9.09. The summed E-state index contributed by atoms with van der Waals surface area (Å²) < 4.78 is 37.0. The standard InChI is InChI=1S/C14H27BrF3N/c1-2-3-4-5-6-7-8-9-11-19(12-10-15)13-14(16,17)18/h2-13H2,1H3. The van der Waals surface area contributed by atoms with Gasteiger partial charge in [0.15, 0.2) is 0 Å². The van der Waals surface area contributed by atoms with Gasteiger partial charge in [-0.25, -0.2) is 0 Å². The lowest BCUT2D eigenvalue weighted by atomic mass is 10.1. The van der Waals surface area contributed by atoms with E-state index >= 15 is 0 Å². The Hall–Kier alpha value is 0.230. The Kier molecular flexibility index (Phi) is 12.2. The van der Waals surface area contributed by atoms with Crippen molar-refractivity contribution in [2.45, 2.75) is 64.5 Å². The fourth-order valence-corrected chi connectivity index (χ4v) is 2.61. The summed E-state index contributed by atoms with van der Waals surface area (Å²) in [7, 11) is 0. The Morgan fingerprint density at radius 1 is 0.842 bits per heavy atom. The van der Waals surface area contributed by atoms with Crippen molar-refractivity contribution in [2.75, 3.05) is 25.0 Å². The number of hydrogen-bond donors (Lipinski definition) is 0. The number of halogens is 4. The zero-order chi connectivity index (χ0) is 14.6. The molecule has 0 saturated carbocycles. The summed E-state index contributed by atoms with van der Waals surface area (Å²) in [4.78, 5) is 1.49. The highest BCUT2D eigenvalue weighted by Crippen LogP contribution is 2.17. The van der Waals surface area contributed by atoms with E-state index in [4.69, 9.17) is 0 Å². The molecule has 0 amide bonds. The third kappa shape index (κ3) is 14.4. The van der Waals surface area contributed by atoms with Crippen molar-refractivity contribution in [3.63, 3.8) is 0 Å². The van der Waals surface area contributed by atoms with E-state index in [-0.39, 0.29) is 0 Å². The molecule has 1 nitrogen and oxygen atoms in total. The minimum Gasteiger partial charge on any atom is -0.294 e. The molecule has 0 bridgehead atoms. The van der Waals surface area contributed by atoms with Gasteiger partial charge in [0.05, 0.1) is 6.54 Å². The van der Waals surface area contributed by atoms with Crippen LogP contribution in [0.25, 0.3) is 0 Å². The van der Waals surface area contributed by atoms with Crippen LogP contribution in [-0.2, 0) is 0 Å². The lowest BCUT2D eigenvalue weighted by Gasteiger charge is -2.22. The Labute approximate surface area is 124 Å². The largest absolute Gasteiger partial charge is 0.401 e. The zero-order valence-electron chi connectivity index (χ0n) is 11.9. The van der Waals surface area contributed by atoms with Gasteiger partial charge in [-0.15, -0.1) is 0 Å². The first kappa shape index (κ1) is 19.2. The molecule has 0 aromatic rings. The normalized spacial score (nSPS) is 12.3. The maximum Gasteiger partial charge on any atom is 0.401 e. The number of unbranched alkanes of at least 4 members (excludes halogenated alkanes) is 7. The second-order valence-corrected chi connectivity index (χ2v) is 5.85. The van der Waals surface area contributed by atoms with Gasteiger partial charge in [0, 0.05) is 11.9 Å². The average Bonchev–Trinajstić information content (AvgIpc) is 2.31. The lowest BCUT2D eigenvalue weighted by Crippen LogP contribution is -2.36. The summed E-state index contributed by atoms with van der Waals surface area (Å²) >= 11 is 3.21. The monoisotopic (exact) mass is 345 g/mol. The van der Waals surface area contributed by atoms with Crippen molar-refractivity contribution in [1.82, 2.24) is 4.90 Å². The van der Waals surface area contributed by atoms with E-state index in [0.29, 0.717) is 18.4 Å². The number of nitrogens with zero attached hydrogens (tertiary/aromatic N) is 1. The van der Waals surface area contributed by atoms with E-state index in [0.717, 1.165) is 19.3 Å². The van der Waals surface area contributed by atoms with Crippen LogP contribution < -0.4 is 0 Å². The second-order valence-electron chi connectivity index (χ2n) is 5.06. The van der Waals surface area contributed by atoms with Crippen LogP contribution in [0.5, 0.6) is 0 Å². The second kappa shape index (κ2) is 12.0. The molecule has 0 atom stereocenters. The molecule has 0 aliphatic rings. The van der Waals surface area contributed by atoms with Gasteiger partial charge in [0.1, 0.15) is 0 Å². The van der Waals surface area contributed by atoms with E-state index in [9.17, 15) is 13.2 Å². The number of rotatable bonds is 12. The van der Waals surface area contributed by atoms with Crippen LogP contribution >= 0.6 is 15.9 Å². The van der Waals surface area contributed by atoms with Gasteiger partial charge in [-0.2, -0.15) is 13.2 Å². The van der Waals surface area contributed by atoms with Crippen LogP contribution in [0.15, 0.2) is 0 Å². The van der Waals surface area contributed by atoms with Gasteiger partial charge in [0.2, 0.25) is 0 Å². The van der Waals surface area contributed by atoms with Crippen molar-refractivity contribution in [3.05, 3.63) is 0 Å². The molecule has 0 aliphatic heterocycles. The predicted octanol–water partition coefficient (Wildman–Crippen LogP) is 5.39. The van der Waals surface area contributed by atoms with E-state index in [2.05, 4.69) is 22.9 Å². The van der Waals surface area contributed by atoms with E-state index in [1.165, 1.54) is 37.0 Å². The molecule has 0 aromatic carbocycles. The summed E-state index contributed by atoms with van der Waals surface area (Å²) in [5.41, 5.74) is 0. The van der Waals surface area contributed by atoms with Gasteiger partial charge in [-0.3, -0.25) is 4.90 Å². The smallest absolute Gasteiger partial charge is 0.294 e. The molecule has 0 unspecified atom stereocenters. The maximum atomic E-state index is 12.3. The average molecular weight is 346 g/mol. The number of alkyl halides is 4. The van der Waals surface area contributed by atoms with Gasteiger partial charge in [-0.05, 0) is 13.0 Å². The first-order chi connectivity index (χ1) is 8.99. The molecule has 0 saturated heterocycles. The molecule has 0 heterocycles. The lowest BCUT2D eigenvalue weighted by molar-refractivity contribution is -0.145. The predicted molar refractivity (Wildman–Crippen MR) is 78.9 cm³/mol. The summed E-state index contributed by atoms with van der Waals surface area (Å²) in [5.74, 6) is 0. The van der Waals surface area contributed by atoms with Crippen LogP contribution in [0.3, 0.4) is 0 Å². The van der Waals surface area contributed by atoms with Crippen molar-refractivity contribution < 1.29 is 13.2 Å². The third-order valence-corrected chi connectivity index (χ3v) is 3.49. The van der Waals surface area contributed by atoms with E-state index in [1.807, 2.05) is 0 Å². The molecule has 0 fully saturated rings. The third-order valence-electron chi connectivity index (χ3n) is 3.13. The molecule has 5 heteroatoms. The van der Waals surface area contributed by atoms with Gasteiger partial charge in [-0.1, -0.05) is 67.8 Å². The molecule has 0 aliphatic carbocycles. The Morgan fingerprint density at radius 2 is 1.37 bits per heavy atom. The molecule has 0 rings (SSSR count). The van der Waals surface area contributed by atoms with Crippen molar-refractivity contribution >= 4 is 15.9 Å². The van der Waals surface area contributed by atoms with Gasteiger partial charge in [0.25, 0.3) is 0 Å². The fraction of sp³-hybridized carbons (Fsp3) is 1.00. The molecule has 0 spiro atoms. The van der Waals surface area contributed by atoms with Crippen molar-refractivity contribution in [3.8, 4) is 0 Å². The molecule has 0 aromatic heterocycles. The SMILES string of the molecule is CCCCCCCCCCN(CCBr)CC(F)(F)F. The first-order valence-corrected chi connectivity index (χ1v) is 8.47. The fourth-order valence-electron chi connectivity index (χ4n) is 2.11. The summed E-state index contributed by atoms with van der Waals surface area (Å²) in [5, 5.41) is 0.597. The minimum absolute atomic E-state index is 0.468. The highest BCUT2D eigenvalue weighted by atomic mass is 79.9. The number of hydrogen-bond acceptors (Lipinski definition) is 1. The Bertz CT molecular complexity index is 198. The molecular weight excluding hydrogens is 319 g/mol. The Balaban J connectivity index is 3.53. The van der Waals surface area contributed by atoms with Crippen LogP contribution in [0, 0.1) is 0 Å². The highest BCUT2D eigenvalue weighted by Gasteiger charge is 2.29. The summed E-state index contributed by atoms with van der Waals surface area (Å²) in [6.07, 6.45) is 5.31. The quantitative estimate of drug-likeness (QED) is 0.338. The van der Waals surface area contributed by atoms with Gasteiger partial charge < -0.3 is 0 Å². The van der Waals surface area contributed by atoms with Crippen LogP contribution in [-0.4, -0.2) is 36.0 Å². The Morgan fingerprint density at radius 3 is 1.84 bits per heavy atom. The van der Waals surface area contributed by atoms with Gasteiger partial charge >= 0.3 is 6.18 Å². The molecular formula is C14H27BrF3N. The van der Waals surface area contributed by atoms with E-state index in [1.54, 1.807) is 0 Å². The van der Waals surface area contributed by atoms with Crippen LogP contribution in [0.4, 0.5) is 13.2 Å². The van der Waals surface area contributed by atoms with Crippen molar-refractivity contribution in [2.24, 2.45) is 0 Å². The first-order valence-electron chi connectivity index (χ1n) is 7.34. The van der Waals surface area contributed by atoms with Crippen LogP contribution in [0.1, 0.15) is 58.3 Å². The summed E-state index contributed by atoms with van der Waals surface area (Å²) in [6, 6.07) is 0. The zero-order valence-corrected chi connectivity index (χ0v) is 13.5. The molecule has 19 heavy (non-hydrogen) atoms. The maximum absolute atomic E-state index is 12.3. The van der Waals surface area contributed by atoms with Crippen molar-refractivity contribution in [1.29, 1.82) is 0 Å². The van der Waals surface area contributed by atoms with E-state index < -0.39 is 12.7 Å². The minimum atomic E-state index is -4.08. The molecule has 116 valence electrons. The molecule has 0 N–H and O–H groups in total. The molecule has 0 radical (unpaired) electrons. The topological polar surface area (TPSA) is 3.24 Å².